The molecule has 7 nitrogen and oxygen atoms in total. The summed E-state index contributed by atoms with van der Waals surface area (Å²) in [6.45, 7) is 0.821. The smallest absolute Gasteiger partial charge is 0.265 e. The summed E-state index contributed by atoms with van der Waals surface area (Å²) < 4.78 is 5.67. The Bertz CT molecular complexity index is 1020. The number of aromatic nitrogens is 2. The molecule has 9 heteroatoms. The van der Waals surface area contributed by atoms with Gasteiger partial charge in [-0.1, -0.05) is 12.1 Å². The molecule has 2 amide bonds. The average Bonchev–Trinajstić information content (AvgIpc) is 3.47. The second-order valence-electron chi connectivity index (χ2n) is 6.60. The normalized spacial score (nSPS) is 16.1. The molecule has 0 radical (unpaired) electrons. The van der Waals surface area contributed by atoms with E-state index in [2.05, 4.69) is 15.3 Å². The third-order valence-corrected chi connectivity index (χ3v) is 6.51. The lowest BCUT2D eigenvalue weighted by Gasteiger charge is -2.11. The minimum Gasteiger partial charge on any atom is -0.377 e. The molecule has 3 heterocycles. The zero-order valence-electron chi connectivity index (χ0n) is 15.5. The molecule has 29 heavy (non-hydrogen) atoms. The number of hydrogen-bond acceptors (Lipinski definition) is 6. The average molecular weight is 429 g/mol. The van der Waals surface area contributed by atoms with Crippen LogP contribution in [0.2, 0.25) is 0 Å². The predicted octanol–water partition coefficient (Wildman–Crippen LogP) is 3.76. The first-order valence-corrected chi connectivity index (χ1v) is 11.1. The third-order valence-electron chi connectivity index (χ3n) is 4.55. The molecule has 1 saturated heterocycles. The highest BCUT2D eigenvalue weighted by molar-refractivity contribution is 7.99. The molecule has 4 rings (SSSR count). The molecule has 150 valence electrons. The van der Waals surface area contributed by atoms with E-state index >= 15 is 0 Å². The van der Waals surface area contributed by atoms with Gasteiger partial charge in [0.05, 0.1) is 17.4 Å². The Morgan fingerprint density at radius 1 is 1.38 bits per heavy atom. The van der Waals surface area contributed by atoms with Gasteiger partial charge in [0, 0.05) is 34.4 Å². The molecule has 0 saturated carbocycles. The maximum absolute atomic E-state index is 12.8. The Labute approximate surface area is 176 Å². The number of nitrogens with one attached hydrogen (secondary N) is 2. The molecule has 1 fully saturated rings. The maximum atomic E-state index is 12.8. The van der Waals surface area contributed by atoms with Crippen molar-refractivity contribution < 1.29 is 14.3 Å². The molecule has 0 spiro atoms. The number of nitrogens with zero attached hydrogens (tertiary/aromatic N) is 1. The summed E-state index contributed by atoms with van der Waals surface area (Å²) in [7, 11) is 0. The van der Waals surface area contributed by atoms with E-state index in [0.717, 1.165) is 35.7 Å². The van der Waals surface area contributed by atoms with Gasteiger partial charge in [-0.3, -0.25) is 14.9 Å². The number of nitrogens with two attached hydrogens (primary N) is 1. The van der Waals surface area contributed by atoms with Crippen molar-refractivity contribution in [1.82, 2.24) is 9.97 Å². The molecular formula is C20H20N4O3S2. The van der Waals surface area contributed by atoms with Crippen LogP contribution in [0.15, 0.2) is 46.8 Å². The van der Waals surface area contributed by atoms with Gasteiger partial charge in [0.15, 0.2) is 5.13 Å². The van der Waals surface area contributed by atoms with Crippen molar-refractivity contribution in [2.45, 2.75) is 23.8 Å². The molecule has 1 aliphatic heterocycles. The van der Waals surface area contributed by atoms with Crippen LogP contribution in [0, 0.1) is 0 Å². The zero-order valence-corrected chi connectivity index (χ0v) is 17.1. The number of carbonyl (C=O) groups is 2. The van der Waals surface area contributed by atoms with E-state index in [1.807, 2.05) is 29.6 Å². The van der Waals surface area contributed by atoms with Crippen LogP contribution in [0.1, 0.15) is 33.7 Å². The molecule has 1 atom stereocenters. The monoisotopic (exact) mass is 428 g/mol. The van der Waals surface area contributed by atoms with E-state index in [1.165, 1.54) is 11.3 Å². The van der Waals surface area contributed by atoms with E-state index in [9.17, 15) is 9.59 Å². The molecular weight excluding hydrogens is 408 g/mol. The van der Waals surface area contributed by atoms with Crippen molar-refractivity contribution in [1.29, 1.82) is 0 Å². The summed E-state index contributed by atoms with van der Waals surface area (Å²) in [6.07, 6.45) is 4.09. The summed E-state index contributed by atoms with van der Waals surface area (Å²) in [4.78, 5) is 32.2. The van der Waals surface area contributed by atoms with Crippen LogP contribution >= 0.6 is 23.1 Å². The Morgan fingerprint density at radius 2 is 2.24 bits per heavy atom. The van der Waals surface area contributed by atoms with Crippen molar-refractivity contribution in [3.05, 3.63) is 53.2 Å². The number of benzene rings is 1. The first-order chi connectivity index (χ1) is 14.1. The van der Waals surface area contributed by atoms with Gasteiger partial charge in [0.1, 0.15) is 5.69 Å². The highest BCUT2D eigenvalue weighted by Crippen LogP contribution is 2.29. The van der Waals surface area contributed by atoms with Crippen molar-refractivity contribution in [3.63, 3.8) is 0 Å². The maximum Gasteiger partial charge on any atom is 0.265 e. The van der Waals surface area contributed by atoms with E-state index in [1.54, 1.807) is 24.0 Å². The van der Waals surface area contributed by atoms with Crippen molar-refractivity contribution in [2.24, 2.45) is 5.73 Å². The fraction of sp³-hybridized carbons (Fsp3) is 0.250. The Morgan fingerprint density at radius 3 is 3.00 bits per heavy atom. The van der Waals surface area contributed by atoms with Crippen LogP contribution in [0.5, 0.6) is 0 Å². The van der Waals surface area contributed by atoms with Crippen LogP contribution < -0.4 is 11.1 Å². The number of hydrogen-bond donors (Lipinski definition) is 3. The fourth-order valence-electron chi connectivity index (χ4n) is 3.05. The Kier molecular flexibility index (Phi) is 5.98. The summed E-state index contributed by atoms with van der Waals surface area (Å²) in [5.74, 6) is 0.104. The van der Waals surface area contributed by atoms with Gasteiger partial charge in [0.2, 0.25) is 0 Å². The first kappa shape index (κ1) is 19.7. The van der Waals surface area contributed by atoms with Gasteiger partial charge in [-0.25, -0.2) is 4.98 Å². The number of ether oxygens (including phenoxy) is 1. The summed E-state index contributed by atoms with van der Waals surface area (Å²) in [5.41, 5.74) is 7.60. The number of thiazole rings is 1. The fourth-order valence-corrected chi connectivity index (χ4v) is 4.89. The van der Waals surface area contributed by atoms with Gasteiger partial charge in [-0.15, -0.1) is 23.1 Å². The molecule has 0 aliphatic carbocycles. The van der Waals surface area contributed by atoms with Crippen LogP contribution in [0.25, 0.3) is 11.3 Å². The number of primary amides is 1. The van der Waals surface area contributed by atoms with Gasteiger partial charge in [0.25, 0.3) is 11.8 Å². The largest absolute Gasteiger partial charge is 0.377 e. The van der Waals surface area contributed by atoms with Gasteiger partial charge >= 0.3 is 0 Å². The molecule has 1 unspecified atom stereocenters. The number of amides is 2. The summed E-state index contributed by atoms with van der Waals surface area (Å²) >= 11 is 2.96. The van der Waals surface area contributed by atoms with Crippen LogP contribution in [0.3, 0.4) is 0 Å². The SMILES string of the molecule is NC(=O)c1cc(-c2csc(NC(=O)c3ccccc3SCC3CCCO3)n2)c[nH]1. The minimum atomic E-state index is -0.530. The van der Waals surface area contributed by atoms with E-state index in [4.69, 9.17) is 10.5 Å². The van der Waals surface area contributed by atoms with E-state index in [0.29, 0.717) is 22.1 Å². The van der Waals surface area contributed by atoms with E-state index in [-0.39, 0.29) is 12.0 Å². The van der Waals surface area contributed by atoms with Gasteiger partial charge < -0.3 is 15.5 Å². The predicted molar refractivity (Wildman–Crippen MR) is 115 cm³/mol. The van der Waals surface area contributed by atoms with Crippen molar-refractivity contribution in [2.75, 3.05) is 17.7 Å². The molecule has 4 N–H and O–H groups in total. The second kappa shape index (κ2) is 8.81. The lowest BCUT2D eigenvalue weighted by Crippen LogP contribution is -2.14. The standard InChI is InChI=1S/C20H20N4O3S2/c21-18(25)15-8-12(9-22-15)16-11-29-20(23-16)24-19(26)14-5-1-2-6-17(14)28-10-13-4-3-7-27-13/h1-2,5-6,8-9,11,13,22H,3-4,7,10H2,(H2,21,25)(H,23,24,26). The quantitative estimate of drug-likeness (QED) is 0.496. The lowest BCUT2D eigenvalue weighted by atomic mass is 10.2. The van der Waals surface area contributed by atoms with Crippen molar-refractivity contribution >= 4 is 40.0 Å². The third kappa shape index (κ3) is 4.69. The zero-order chi connectivity index (χ0) is 20.2. The topological polar surface area (TPSA) is 110 Å². The molecule has 1 aliphatic rings. The Hall–Kier alpha value is -2.62. The lowest BCUT2D eigenvalue weighted by molar-refractivity contribution is 0.0993. The highest BCUT2D eigenvalue weighted by atomic mass is 32.2. The first-order valence-electron chi connectivity index (χ1n) is 9.19. The molecule has 2 aromatic heterocycles. The number of carbonyl (C=O) groups excluding carboxylic acids is 2. The number of H-pyrrole nitrogens is 1. The molecule has 0 bridgehead atoms. The minimum absolute atomic E-state index is 0.201. The van der Waals surface area contributed by atoms with Gasteiger partial charge in [-0.2, -0.15) is 0 Å². The summed E-state index contributed by atoms with van der Waals surface area (Å²) in [5, 5.41) is 5.18. The number of thioether (sulfide) groups is 1. The molecule has 3 aromatic rings. The van der Waals surface area contributed by atoms with Crippen LogP contribution in [0.4, 0.5) is 5.13 Å². The second-order valence-corrected chi connectivity index (χ2v) is 8.52. The molecule has 1 aromatic carbocycles. The van der Waals surface area contributed by atoms with E-state index < -0.39 is 5.91 Å². The van der Waals surface area contributed by atoms with Crippen LogP contribution in [-0.2, 0) is 4.74 Å². The number of aromatic amines is 1. The van der Waals surface area contributed by atoms with Crippen LogP contribution in [-0.4, -0.2) is 40.2 Å². The number of anilines is 1. The van der Waals surface area contributed by atoms with Gasteiger partial charge in [-0.05, 0) is 31.0 Å². The highest BCUT2D eigenvalue weighted by Gasteiger charge is 2.19. The summed E-state index contributed by atoms with van der Waals surface area (Å²) in [6, 6.07) is 9.18. The van der Waals surface area contributed by atoms with Crippen molar-refractivity contribution in [3.8, 4) is 11.3 Å². The Balaban J connectivity index is 1.44. The number of rotatable bonds is 7.